The molecule has 2 fully saturated rings. The average Bonchev–Trinajstić information content (AvgIpc) is 2.86. The second-order valence-corrected chi connectivity index (χ2v) is 6.89. The molecule has 2 N–H and O–H groups in total. The van der Waals surface area contributed by atoms with E-state index >= 15 is 0 Å². The van der Waals surface area contributed by atoms with E-state index in [2.05, 4.69) is 5.32 Å². The van der Waals surface area contributed by atoms with Gasteiger partial charge in [0, 0.05) is 6.54 Å². The topological polar surface area (TPSA) is 107 Å². The van der Waals surface area contributed by atoms with Gasteiger partial charge in [0.1, 0.15) is 23.9 Å². The molecule has 4 amide bonds. The number of nitrogens with zero attached hydrogens (tertiary/aromatic N) is 2. The lowest BCUT2D eigenvalue weighted by Gasteiger charge is -2.33. The molecule has 144 valence electrons. The molecule has 2 saturated heterocycles. The van der Waals surface area contributed by atoms with Gasteiger partial charge in [-0.25, -0.2) is 14.0 Å². The van der Waals surface area contributed by atoms with Crippen LogP contribution in [0.2, 0.25) is 0 Å². The van der Waals surface area contributed by atoms with Crippen molar-refractivity contribution in [2.45, 2.75) is 37.8 Å². The molecule has 2 unspecified atom stereocenters. The lowest BCUT2D eigenvalue weighted by atomic mass is 9.92. The first-order valence-electron chi connectivity index (χ1n) is 8.66. The third kappa shape index (κ3) is 3.36. The Labute approximate surface area is 154 Å². The van der Waals surface area contributed by atoms with E-state index in [4.69, 9.17) is 0 Å². The maximum absolute atomic E-state index is 13.1. The molecule has 2 atom stereocenters. The number of nitrogens with one attached hydrogen (secondary N) is 1. The molecule has 1 aromatic carbocycles. The molecule has 0 spiro atoms. The standard InChI is InChI=1S/C18H20FN3O5/c1-18(11-5-7-12(19)8-6-11)16(26)22(17(27)20-18)10-14(23)21-9-3-2-4-13(21)15(24)25/h5-8,13H,2-4,9-10H2,1H3,(H,20,27)(H,24,25). The fourth-order valence-corrected chi connectivity index (χ4v) is 3.53. The fourth-order valence-electron chi connectivity index (χ4n) is 3.53. The molecule has 0 bridgehead atoms. The van der Waals surface area contributed by atoms with E-state index < -0.39 is 47.8 Å². The molecule has 1 aromatic rings. The van der Waals surface area contributed by atoms with Gasteiger partial charge in [-0.1, -0.05) is 12.1 Å². The Morgan fingerprint density at radius 1 is 1.26 bits per heavy atom. The lowest BCUT2D eigenvalue weighted by Crippen LogP contribution is -2.52. The lowest BCUT2D eigenvalue weighted by molar-refractivity contribution is -0.152. The van der Waals surface area contributed by atoms with Crippen molar-refractivity contribution >= 4 is 23.8 Å². The van der Waals surface area contributed by atoms with Crippen LogP contribution < -0.4 is 5.32 Å². The minimum atomic E-state index is -1.42. The Morgan fingerprint density at radius 2 is 1.93 bits per heavy atom. The van der Waals surface area contributed by atoms with Crippen LogP contribution in [0.3, 0.4) is 0 Å². The molecule has 0 aliphatic carbocycles. The number of carboxylic acids is 1. The molecule has 0 saturated carbocycles. The summed E-state index contributed by atoms with van der Waals surface area (Å²) in [6, 6.07) is 3.45. The number of aliphatic carboxylic acids is 1. The number of carbonyl (C=O) groups is 4. The molecule has 3 rings (SSSR count). The van der Waals surface area contributed by atoms with Crippen LogP contribution in [0.15, 0.2) is 24.3 Å². The Bertz CT molecular complexity index is 797. The van der Waals surface area contributed by atoms with Gasteiger partial charge in [0.25, 0.3) is 5.91 Å². The minimum Gasteiger partial charge on any atom is -0.480 e. The number of piperidine rings is 1. The van der Waals surface area contributed by atoms with Gasteiger partial charge in [-0.2, -0.15) is 0 Å². The Kier molecular flexibility index (Phi) is 4.86. The molecular weight excluding hydrogens is 357 g/mol. The van der Waals surface area contributed by atoms with Gasteiger partial charge < -0.3 is 15.3 Å². The summed E-state index contributed by atoms with van der Waals surface area (Å²) in [5.41, 5.74) is -1.03. The van der Waals surface area contributed by atoms with Crippen molar-refractivity contribution < 1.29 is 28.7 Å². The molecule has 2 aliphatic rings. The summed E-state index contributed by atoms with van der Waals surface area (Å²) in [6.07, 6.45) is 1.71. The zero-order valence-corrected chi connectivity index (χ0v) is 14.8. The van der Waals surface area contributed by atoms with Crippen LogP contribution in [0.25, 0.3) is 0 Å². The van der Waals surface area contributed by atoms with Crippen LogP contribution in [0.1, 0.15) is 31.7 Å². The first kappa shape index (κ1) is 18.8. The number of rotatable bonds is 4. The Balaban J connectivity index is 1.78. The normalized spacial score (nSPS) is 25.5. The summed E-state index contributed by atoms with van der Waals surface area (Å²) in [6.45, 7) is 1.21. The summed E-state index contributed by atoms with van der Waals surface area (Å²) < 4.78 is 13.1. The largest absolute Gasteiger partial charge is 0.480 e. The highest BCUT2D eigenvalue weighted by atomic mass is 19.1. The van der Waals surface area contributed by atoms with E-state index in [0.29, 0.717) is 24.8 Å². The summed E-state index contributed by atoms with van der Waals surface area (Å²) in [5.74, 6) is -2.81. The SMILES string of the molecule is CC1(c2ccc(F)cc2)NC(=O)N(CC(=O)N2CCCCC2C(=O)O)C1=O. The van der Waals surface area contributed by atoms with E-state index in [1.807, 2.05) is 0 Å². The highest BCUT2D eigenvalue weighted by molar-refractivity contribution is 6.09. The second-order valence-electron chi connectivity index (χ2n) is 6.89. The number of imide groups is 1. The summed E-state index contributed by atoms with van der Waals surface area (Å²) in [5, 5.41) is 11.8. The van der Waals surface area contributed by atoms with Crippen LogP contribution in [-0.2, 0) is 19.9 Å². The van der Waals surface area contributed by atoms with Gasteiger partial charge in [-0.05, 0) is 43.9 Å². The van der Waals surface area contributed by atoms with Gasteiger partial charge >= 0.3 is 12.0 Å². The number of urea groups is 1. The van der Waals surface area contributed by atoms with Crippen molar-refractivity contribution in [1.82, 2.24) is 15.1 Å². The first-order valence-corrected chi connectivity index (χ1v) is 8.66. The van der Waals surface area contributed by atoms with Crippen molar-refractivity contribution in [3.05, 3.63) is 35.6 Å². The molecular formula is C18H20FN3O5. The second kappa shape index (κ2) is 6.98. The van der Waals surface area contributed by atoms with Crippen LogP contribution in [0.4, 0.5) is 9.18 Å². The molecule has 2 heterocycles. The van der Waals surface area contributed by atoms with E-state index in [0.717, 1.165) is 4.90 Å². The quantitative estimate of drug-likeness (QED) is 0.763. The highest BCUT2D eigenvalue weighted by Crippen LogP contribution is 2.29. The monoisotopic (exact) mass is 377 g/mol. The number of halogens is 1. The molecule has 9 heteroatoms. The fraction of sp³-hybridized carbons (Fsp3) is 0.444. The maximum Gasteiger partial charge on any atom is 0.326 e. The van der Waals surface area contributed by atoms with Crippen LogP contribution in [0.5, 0.6) is 0 Å². The van der Waals surface area contributed by atoms with E-state index in [-0.39, 0.29) is 6.54 Å². The van der Waals surface area contributed by atoms with Crippen LogP contribution in [-0.4, -0.2) is 57.9 Å². The molecule has 0 aromatic heterocycles. The van der Waals surface area contributed by atoms with Gasteiger partial charge in [-0.15, -0.1) is 0 Å². The molecule has 27 heavy (non-hydrogen) atoms. The molecule has 8 nitrogen and oxygen atoms in total. The average molecular weight is 377 g/mol. The maximum atomic E-state index is 13.1. The van der Waals surface area contributed by atoms with Gasteiger partial charge in [0.2, 0.25) is 5.91 Å². The third-order valence-corrected chi connectivity index (χ3v) is 5.10. The number of hydrogen-bond acceptors (Lipinski definition) is 4. The van der Waals surface area contributed by atoms with Gasteiger partial charge in [-0.3, -0.25) is 14.5 Å². The summed E-state index contributed by atoms with van der Waals surface area (Å²) in [4.78, 5) is 51.1. The highest BCUT2D eigenvalue weighted by Gasteiger charge is 2.50. The van der Waals surface area contributed by atoms with Crippen molar-refractivity contribution in [2.24, 2.45) is 0 Å². The Morgan fingerprint density at radius 3 is 2.56 bits per heavy atom. The number of likely N-dealkylation sites (tertiary alicyclic amines) is 1. The van der Waals surface area contributed by atoms with Gasteiger partial charge in [0.15, 0.2) is 0 Å². The zero-order valence-electron chi connectivity index (χ0n) is 14.8. The number of benzene rings is 1. The number of amides is 4. The molecule has 2 aliphatic heterocycles. The minimum absolute atomic E-state index is 0.272. The summed E-state index contributed by atoms with van der Waals surface area (Å²) >= 11 is 0. The number of carbonyl (C=O) groups excluding carboxylic acids is 3. The predicted octanol–water partition coefficient (Wildman–Crippen LogP) is 1.06. The molecule has 0 radical (unpaired) electrons. The smallest absolute Gasteiger partial charge is 0.326 e. The van der Waals surface area contributed by atoms with Crippen molar-refractivity contribution in [1.29, 1.82) is 0 Å². The third-order valence-electron chi connectivity index (χ3n) is 5.10. The van der Waals surface area contributed by atoms with Crippen LogP contribution in [0, 0.1) is 5.82 Å². The van der Waals surface area contributed by atoms with Gasteiger partial charge in [0.05, 0.1) is 0 Å². The van der Waals surface area contributed by atoms with E-state index in [1.165, 1.54) is 36.1 Å². The summed E-state index contributed by atoms with van der Waals surface area (Å²) in [7, 11) is 0. The zero-order chi connectivity index (χ0) is 19.8. The van der Waals surface area contributed by atoms with Crippen molar-refractivity contribution in [3.63, 3.8) is 0 Å². The number of carboxylic acid groups (broad SMARTS) is 1. The first-order chi connectivity index (χ1) is 12.7. The Hall–Kier alpha value is -2.97. The van der Waals surface area contributed by atoms with Crippen LogP contribution >= 0.6 is 0 Å². The van der Waals surface area contributed by atoms with Crippen molar-refractivity contribution in [3.8, 4) is 0 Å². The predicted molar refractivity (Wildman–Crippen MR) is 91.0 cm³/mol. The number of hydrogen-bond donors (Lipinski definition) is 2. The van der Waals surface area contributed by atoms with Crippen molar-refractivity contribution in [2.75, 3.05) is 13.1 Å². The van der Waals surface area contributed by atoms with E-state index in [9.17, 15) is 28.7 Å². The van der Waals surface area contributed by atoms with E-state index in [1.54, 1.807) is 0 Å².